The summed E-state index contributed by atoms with van der Waals surface area (Å²) in [6.07, 6.45) is 4.10. The smallest absolute Gasteiger partial charge is 0.191 e. The fraction of sp³-hybridized carbons (Fsp3) is 0.524. The Labute approximate surface area is 191 Å². The van der Waals surface area contributed by atoms with Gasteiger partial charge in [-0.15, -0.1) is 24.0 Å². The normalized spacial score (nSPS) is 11.2. The number of imidazole rings is 1. The Morgan fingerprint density at radius 3 is 2.52 bits per heavy atom. The predicted octanol–water partition coefficient (Wildman–Crippen LogP) is 3.58. The molecule has 0 spiro atoms. The van der Waals surface area contributed by atoms with Crippen LogP contribution in [0.2, 0.25) is 0 Å². The molecule has 1 heterocycles. The summed E-state index contributed by atoms with van der Waals surface area (Å²) in [6.45, 7) is 8.86. The van der Waals surface area contributed by atoms with Crippen molar-refractivity contribution in [2.45, 2.75) is 33.2 Å². The summed E-state index contributed by atoms with van der Waals surface area (Å²) in [4.78, 5) is 12.3. The molecule has 0 saturated heterocycles. The van der Waals surface area contributed by atoms with Crippen LogP contribution in [0.25, 0.3) is 11.3 Å². The number of guanidine groups is 1. The number of hydrogen-bond donors (Lipinski definition) is 3. The highest BCUT2D eigenvalue weighted by atomic mass is 127. The van der Waals surface area contributed by atoms with E-state index in [4.69, 9.17) is 9.47 Å². The van der Waals surface area contributed by atoms with Crippen LogP contribution >= 0.6 is 24.0 Å². The van der Waals surface area contributed by atoms with Crippen LogP contribution < -0.4 is 10.6 Å². The van der Waals surface area contributed by atoms with E-state index >= 15 is 0 Å². The number of ether oxygens (including phenoxy) is 2. The molecule has 0 radical (unpaired) electrons. The molecule has 0 bridgehead atoms. The summed E-state index contributed by atoms with van der Waals surface area (Å²) in [5.74, 6) is 1.58. The summed E-state index contributed by atoms with van der Waals surface area (Å²) in [6, 6.07) is 10.1. The van der Waals surface area contributed by atoms with E-state index in [9.17, 15) is 0 Å². The van der Waals surface area contributed by atoms with E-state index < -0.39 is 0 Å². The molecule has 29 heavy (non-hydrogen) atoms. The molecule has 2 rings (SSSR count). The van der Waals surface area contributed by atoms with E-state index in [0.29, 0.717) is 32.9 Å². The minimum absolute atomic E-state index is 0. The maximum absolute atomic E-state index is 5.57. The summed E-state index contributed by atoms with van der Waals surface area (Å²) in [5.41, 5.74) is 2.12. The molecule has 0 amide bonds. The fourth-order valence-corrected chi connectivity index (χ4v) is 2.51. The average molecular weight is 515 g/mol. The van der Waals surface area contributed by atoms with Gasteiger partial charge in [-0.05, 0) is 18.9 Å². The van der Waals surface area contributed by atoms with Crippen LogP contribution in [0.1, 0.15) is 32.5 Å². The third-order valence-electron chi connectivity index (χ3n) is 4.00. The lowest BCUT2D eigenvalue weighted by atomic mass is 10.2. The molecule has 2 aromatic rings. The number of nitrogens with zero attached hydrogens (tertiary/aromatic N) is 2. The van der Waals surface area contributed by atoms with Crippen LogP contribution in [0.4, 0.5) is 0 Å². The topological polar surface area (TPSA) is 83.6 Å². The Hall–Kier alpha value is -1.65. The van der Waals surface area contributed by atoms with Gasteiger partial charge in [0.25, 0.3) is 0 Å². The molecule has 0 saturated carbocycles. The number of aromatic nitrogens is 2. The van der Waals surface area contributed by atoms with E-state index in [1.165, 1.54) is 0 Å². The molecule has 162 valence electrons. The van der Waals surface area contributed by atoms with Gasteiger partial charge in [0.2, 0.25) is 0 Å². The molecule has 1 aromatic heterocycles. The molecule has 0 unspecified atom stereocenters. The highest BCUT2D eigenvalue weighted by Gasteiger charge is 2.03. The third-order valence-corrected chi connectivity index (χ3v) is 4.00. The van der Waals surface area contributed by atoms with E-state index in [1.54, 1.807) is 0 Å². The van der Waals surface area contributed by atoms with Gasteiger partial charge in [0.15, 0.2) is 5.96 Å². The molecule has 7 nitrogen and oxygen atoms in total. The van der Waals surface area contributed by atoms with Gasteiger partial charge >= 0.3 is 0 Å². The number of aromatic amines is 1. The highest BCUT2D eigenvalue weighted by Crippen LogP contribution is 2.16. The second kappa shape index (κ2) is 16.2. The van der Waals surface area contributed by atoms with Gasteiger partial charge in [0, 0.05) is 19.7 Å². The maximum Gasteiger partial charge on any atom is 0.191 e. The average Bonchev–Trinajstić information content (AvgIpc) is 3.20. The molecule has 3 N–H and O–H groups in total. The van der Waals surface area contributed by atoms with Crippen molar-refractivity contribution in [2.24, 2.45) is 4.99 Å². The molecule has 0 aliphatic carbocycles. The van der Waals surface area contributed by atoms with E-state index in [2.05, 4.69) is 44.7 Å². The van der Waals surface area contributed by atoms with Crippen molar-refractivity contribution < 1.29 is 9.47 Å². The SMILES string of the molecule is CCCCOCCOCCNC(=NCc1ncc(-c2ccccc2)[nH]1)NCC.I. The first-order valence-electron chi connectivity index (χ1n) is 10.1. The van der Waals surface area contributed by atoms with Crippen molar-refractivity contribution in [3.05, 3.63) is 42.4 Å². The van der Waals surface area contributed by atoms with E-state index in [0.717, 1.165) is 49.0 Å². The minimum Gasteiger partial charge on any atom is -0.379 e. The summed E-state index contributed by atoms with van der Waals surface area (Å²) in [7, 11) is 0. The molecule has 0 aliphatic rings. The lowest BCUT2D eigenvalue weighted by Crippen LogP contribution is -2.39. The molecular formula is C21H34IN5O2. The number of benzene rings is 1. The standard InChI is InChI=1S/C21H33N5O2.HI/c1-3-5-12-27-14-15-28-13-11-23-21(22-4-2)25-17-20-24-16-19(26-20)18-9-7-6-8-10-18;/h6-10,16H,3-5,11-15,17H2,1-2H3,(H,24,26)(H2,22,23,25);1H. The summed E-state index contributed by atoms with van der Waals surface area (Å²) in [5, 5.41) is 6.51. The number of rotatable bonds is 13. The summed E-state index contributed by atoms with van der Waals surface area (Å²) < 4.78 is 11.0. The molecule has 1 aromatic carbocycles. The Bertz CT molecular complexity index is 679. The number of aliphatic imine (C=N–C) groups is 1. The number of unbranched alkanes of at least 4 members (excludes halogenated alkanes) is 1. The Morgan fingerprint density at radius 2 is 1.79 bits per heavy atom. The van der Waals surface area contributed by atoms with Crippen molar-refractivity contribution in [1.82, 2.24) is 20.6 Å². The van der Waals surface area contributed by atoms with Gasteiger partial charge in [-0.25, -0.2) is 9.98 Å². The largest absolute Gasteiger partial charge is 0.379 e. The van der Waals surface area contributed by atoms with Crippen LogP contribution in [-0.2, 0) is 16.0 Å². The molecule has 0 fully saturated rings. The predicted molar refractivity (Wildman–Crippen MR) is 129 cm³/mol. The first kappa shape index (κ1) is 25.4. The number of hydrogen-bond acceptors (Lipinski definition) is 4. The van der Waals surface area contributed by atoms with Crippen LogP contribution in [0.15, 0.2) is 41.5 Å². The van der Waals surface area contributed by atoms with Crippen molar-refractivity contribution in [3.8, 4) is 11.3 Å². The van der Waals surface area contributed by atoms with Gasteiger partial charge in [-0.3, -0.25) is 0 Å². The van der Waals surface area contributed by atoms with Crippen molar-refractivity contribution in [1.29, 1.82) is 0 Å². The number of nitrogens with one attached hydrogen (secondary N) is 3. The minimum atomic E-state index is 0. The fourth-order valence-electron chi connectivity index (χ4n) is 2.51. The highest BCUT2D eigenvalue weighted by molar-refractivity contribution is 14.0. The zero-order chi connectivity index (χ0) is 19.9. The second-order valence-corrected chi connectivity index (χ2v) is 6.31. The molecular weight excluding hydrogens is 481 g/mol. The first-order chi connectivity index (χ1) is 13.8. The van der Waals surface area contributed by atoms with E-state index in [-0.39, 0.29) is 24.0 Å². The zero-order valence-corrected chi connectivity index (χ0v) is 19.8. The van der Waals surface area contributed by atoms with E-state index in [1.807, 2.05) is 31.3 Å². The Kier molecular flexibility index (Phi) is 14.2. The van der Waals surface area contributed by atoms with Gasteiger partial charge < -0.3 is 25.1 Å². The molecule has 8 heteroatoms. The Morgan fingerprint density at radius 1 is 1.03 bits per heavy atom. The van der Waals surface area contributed by atoms with Gasteiger partial charge in [-0.2, -0.15) is 0 Å². The van der Waals surface area contributed by atoms with Crippen molar-refractivity contribution >= 4 is 29.9 Å². The number of H-pyrrole nitrogens is 1. The van der Waals surface area contributed by atoms with Crippen LogP contribution in [0.3, 0.4) is 0 Å². The van der Waals surface area contributed by atoms with Gasteiger partial charge in [-0.1, -0.05) is 43.7 Å². The first-order valence-corrected chi connectivity index (χ1v) is 10.1. The zero-order valence-electron chi connectivity index (χ0n) is 17.4. The van der Waals surface area contributed by atoms with Crippen LogP contribution in [0, 0.1) is 0 Å². The quantitative estimate of drug-likeness (QED) is 0.164. The monoisotopic (exact) mass is 515 g/mol. The van der Waals surface area contributed by atoms with Crippen LogP contribution in [0.5, 0.6) is 0 Å². The maximum atomic E-state index is 5.57. The van der Waals surface area contributed by atoms with Crippen molar-refractivity contribution in [2.75, 3.05) is 39.5 Å². The molecule has 0 aliphatic heterocycles. The Balaban J connectivity index is 0.00000420. The van der Waals surface area contributed by atoms with Gasteiger partial charge in [0.1, 0.15) is 12.4 Å². The lowest BCUT2D eigenvalue weighted by Gasteiger charge is -2.11. The second-order valence-electron chi connectivity index (χ2n) is 6.31. The van der Waals surface area contributed by atoms with Gasteiger partial charge in [0.05, 0.1) is 31.7 Å². The van der Waals surface area contributed by atoms with Crippen LogP contribution in [-0.4, -0.2) is 55.4 Å². The number of halogens is 1. The molecule has 0 atom stereocenters. The van der Waals surface area contributed by atoms with Crippen molar-refractivity contribution in [3.63, 3.8) is 0 Å². The summed E-state index contributed by atoms with van der Waals surface area (Å²) >= 11 is 0. The lowest BCUT2D eigenvalue weighted by molar-refractivity contribution is 0.0487. The third kappa shape index (κ3) is 10.6.